The molecule has 1 aliphatic rings. The third-order valence-electron chi connectivity index (χ3n) is 4.38. The minimum Gasteiger partial charge on any atom is -0.369 e. The smallest absolute Gasteiger partial charge is 0.221 e. The molecular formula is C14H27N3O2. The van der Waals surface area contributed by atoms with E-state index in [1.54, 1.807) is 0 Å². The van der Waals surface area contributed by atoms with Crippen LogP contribution < -0.4 is 16.8 Å². The molecule has 1 fully saturated rings. The third-order valence-corrected chi connectivity index (χ3v) is 4.38. The van der Waals surface area contributed by atoms with Crippen LogP contribution in [0, 0.1) is 23.7 Å². The summed E-state index contributed by atoms with van der Waals surface area (Å²) in [5.74, 6) is -0.890. The molecule has 0 aromatic rings. The molecule has 0 aromatic carbocycles. The summed E-state index contributed by atoms with van der Waals surface area (Å²) in [4.78, 5) is 23.5. The Morgan fingerprint density at radius 1 is 1.32 bits per heavy atom. The van der Waals surface area contributed by atoms with E-state index in [0.717, 1.165) is 25.8 Å². The number of nitrogens with two attached hydrogens (primary N) is 2. The van der Waals surface area contributed by atoms with E-state index in [0.29, 0.717) is 13.0 Å². The first-order valence-electron chi connectivity index (χ1n) is 7.32. The van der Waals surface area contributed by atoms with Crippen LogP contribution in [0.1, 0.15) is 39.5 Å². The van der Waals surface area contributed by atoms with Gasteiger partial charge in [-0.05, 0) is 37.8 Å². The second-order valence-electron chi connectivity index (χ2n) is 5.55. The van der Waals surface area contributed by atoms with Gasteiger partial charge in [0.2, 0.25) is 11.8 Å². The van der Waals surface area contributed by atoms with Crippen LogP contribution in [0.25, 0.3) is 0 Å². The fraction of sp³-hybridized carbons (Fsp3) is 0.857. The lowest BCUT2D eigenvalue weighted by molar-refractivity contribution is -0.131. The summed E-state index contributed by atoms with van der Waals surface area (Å²) < 4.78 is 0. The highest BCUT2D eigenvalue weighted by molar-refractivity contribution is 5.81. The lowest BCUT2D eigenvalue weighted by Gasteiger charge is -2.38. The number of carbonyl (C=O) groups excluding carboxylic acids is 2. The van der Waals surface area contributed by atoms with Gasteiger partial charge in [-0.1, -0.05) is 26.7 Å². The quantitative estimate of drug-likeness (QED) is 0.632. The Balaban J connectivity index is 2.94. The second-order valence-corrected chi connectivity index (χ2v) is 5.55. The highest BCUT2D eigenvalue weighted by atomic mass is 16.1. The summed E-state index contributed by atoms with van der Waals surface area (Å²) >= 11 is 0. The highest BCUT2D eigenvalue weighted by Gasteiger charge is 2.40. The normalized spacial score (nSPS) is 26.6. The van der Waals surface area contributed by atoms with Crippen molar-refractivity contribution in [2.75, 3.05) is 13.1 Å². The van der Waals surface area contributed by atoms with E-state index in [1.165, 1.54) is 0 Å². The number of nitrogens with one attached hydrogen (secondary N) is 1. The van der Waals surface area contributed by atoms with Gasteiger partial charge in [0.05, 0.1) is 0 Å². The summed E-state index contributed by atoms with van der Waals surface area (Å²) in [6.45, 7) is 5.61. The van der Waals surface area contributed by atoms with Crippen LogP contribution in [0.15, 0.2) is 0 Å². The number of primary amides is 2. The lowest BCUT2D eigenvalue weighted by Crippen LogP contribution is -2.50. The molecule has 1 aliphatic heterocycles. The van der Waals surface area contributed by atoms with Gasteiger partial charge in [0, 0.05) is 11.8 Å². The van der Waals surface area contributed by atoms with Crippen molar-refractivity contribution in [1.82, 2.24) is 5.32 Å². The van der Waals surface area contributed by atoms with Gasteiger partial charge in [-0.3, -0.25) is 9.59 Å². The lowest BCUT2D eigenvalue weighted by atomic mass is 9.70. The molecular weight excluding hydrogens is 242 g/mol. The summed E-state index contributed by atoms with van der Waals surface area (Å²) in [5.41, 5.74) is 11.1. The number of piperidine rings is 1. The molecule has 0 radical (unpaired) electrons. The topological polar surface area (TPSA) is 98.2 Å². The minimum atomic E-state index is -0.302. The molecule has 1 saturated heterocycles. The van der Waals surface area contributed by atoms with Crippen LogP contribution in [0.5, 0.6) is 0 Å². The summed E-state index contributed by atoms with van der Waals surface area (Å²) in [5, 5.41) is 3.26. The van der Waals surface area contributed by atoms with Crippen LogP contribution in [0.2, 0.25) is 0 Å². The molecule has 5 nitrogen and oxygen atoms in total. The van der Waals surface area contributed by atoms with Crippen molar-refractivity contribution >= 4 is 11.8 Å². The molecule has 1 heterocycles. The van der Waals surface area contributed by atoms with Gasteiger partial charge in [0.15, 0.2) is 0 Å². The fourth-order valence-corrected chi connectivity index (χ4v) is 3.41. The number of hydrogen-bond acceptors (Lipinski definition) is 3. The first-order valence-corrected chi connectivity index (χ1v) is 7.32. The molecule has 0 aliphatic carbocycles. The monoisotopic (exact) mass is 269 g/mol. The van der Waals surface area contributed by atoms with Crippen molar-refractivity contribution in [3.8, 4) is 0 Å². The molecule has 2 amide bonds. The Hall–Kier alpha value is -1.10. The fourth-order valence-electron chi connectivity index (χ4n) is 3.41. The standard InChI is InChI=1S/C14H27N3O2/c1-3-5-9(4-2)12(14(16)19)11-8-17-7-6-10(11)13(15)18/h9-12,17H,3-8H2,1-2H3,(H2,15,18)(H2,16,19). The van der Waals surface area contributed by atoms with E-state index in [2.05, 4.69) is 19.2 Å². The SMILES string of the molecule is CCCC(CC)C(C(N)=O)C1CNCCC1C(N)=O. The molecule has 4 unspecified atom stereocenters. The summed E-state index contributed by atoms with van der Waals surface area (Å²) in [6.07, 6.45) is 3.59. The van der Waals surface area contributed by atoms with E-state index in [4.69, 9.17) is 11.5 Å². The van der Waals surface area contributed by atoms with Crippen LogP contribution >= 0.6 is 0 Å². The predicted octanol–water partition coefficient (Wildman–Crippen LogP) is 0.625. The van der Waals surface area contributed by atoms with Crippen molar-refractivity contribution in [3.63, 3.8) is 0 Å². The zero-order valence-electron chi connectivity index (χ0n) is 12.0. The summed E-state index contributed by atoms with van der Waals surface area (Å²) in [6, 6.07) is 0. The minimum absolute atomic E-state index is 0.0553. The first-order chi connectivity index (χ1) is 9.02. The van der Waals surface area contributed by atoms with Crippen molar-refractivity contribution < 1.29 is 9.59 Å². The van der Waals surface area contributed by atoms with Crippen molar-refractivity contribution in [3.05, 3.63) is 0 Å². The van der Waals surface area contributed by atoms with Crippen molar-refractivity contribution in [2.24, 2.45) is 35.1 Å². The van der Waals surface area contributed by atoms with E-state index in [-0.39, 0.29) is 35.5 Å². The van der Waals surface area contributed by atoms with Gasteiger partial charge in [-0.25, -0.2) is 0 Å². The van der Waals surface area contributed by atoms with E-state index in [9.17, 15) is 9.59 Å². The molecule has 5 heteroatoms. The molecule has 5 N–H and O–H groups in total. The van der Waals surface area contributed by atoms with Gasteiger partial charge >= 0.3 is 0 Å². The maximum Gasteiger partial charge on any atom is 0.221 e. The molecule has 0 spiro atoms. The zero-order valence-corrected chi connectivity index (χ0v) is 12.0. The molecule has 0 aromatic heterocycles. The average Bonchev–Trinajstić information content (AvgIpc) is 2.38. The second kappa shape index (κ2) is 7.48. The first kappa shape index (κ1) is 16.0. The number of rotatable bonds is 7. The van der Waals surface area contributed by atoms with E-state index < -0.39 is 0 Å². The van der Waals surface area contributed by atoms with Gasteiger partial charge in [-0.2, -0.15) is 0 Å². The number of hydrogen-bond donors (Lipinski definition) is 3. The van der Waals surface area contributed by atoms with Crippen molar-refractivity contribution in [2.45, 2.75) is 39.5 Å². The number of carbonyl (C=O) groups is 2. The van der Waals surface area contributed by atoms with Gasteiger partial charge in [-0.15, -0.1) is 0 Å². The molecule has 19 heavy (non-hydrogen) atoms. The average molecular weight is 269 g/mol. The third kappa shape index (κ3) is 3.93. The van der Waals surface area contributed by atoms with Crippen LogP contribution in [-0.4, -0.2) is 24.9 Å². The van der Waals surface area contributed by atoms with E-state index in [1.807, 2.05) is 0 Å². The van der Waals surface area contributed by atoms with Crippen LogP contribution in [-0.2, 0) is 9.59 Å². The number of amides is 2. The largest absolute Gasteiger partial charge is 0.369 e. The Morgan fingerprint density at radius 2 is 2.00 bits per heavy atom. The maximum absolute atomic E-state index is 11.9. The van der Waals surface area contributed by atoms with Crippen LogP contribution in [0.4, 0.5) is 0 Å². The van der Waals surface area contributed by atoms with Crippen molar-refractivity contribution in [1.29, 1.82) is 0 Å². The molecule has 1 rings (SSSR count). The Kier molecular flexibility index (Phi) is 6.28. The Labute approximate surface area is 115 Å². The zero-order chi connectivity index (χ0) is 14.4. The molecule has 0 saturated carbocycles. The molecule has 0 bridgehead atoms. The Morgan fingerprint density at radius 3 is 2.47 bits per heavy atom. The van der Waals surface area contributed by atoms with E-state index >= 15 is 0 Å². The molecule has 4 atom stereocenters. The van der Waals surface area contributed by atoms with Gasteiger partial charge < -0.3 is 16.8 Å². The summed E-state index contributed by atoms with van der Waals surface area (Å²) in [7, 11) is 0. The molecule has 110 valence electrons. The van der Waals surface area contributed by atoms with Crippen LogP contribution in [0.3, 0.4) is 0 Å². The van der Waals surface area contributed by atoms with Gasteiger partial charge in [0.1, 0.15) is 0 Å². The predicted molar refractivity (Wildman–Crippen MR) is 75.0 cm³/mol. The highest BCUT2D eigenvalue weighted by Crippen LogP contribution is 2.34. The van der Waals surface area contributed by atoms with Gasteiger partial charge in [0.25, 0.3) is 0 Å². The maximum atomic E-state index is 11.9. The Bertz CT molecular complexity index is 320.